The van der Waals surface area contributed by atoms with Crippen molar-refractivity contribution in [2.45, 2.75) is 6.54 Å². The molecule has 1 aromatic carbocycles. The number of hydrogen-bond acceptors (Lipinski definition) is 2. The molecular formula is C16H17N3O. The zero-order chi connectivity index (χ0) is 14.2. The first-order valence-electron chi connectivity index (χ1n) is 6.38. The maximum absolute atomic E-state index is 12.2. The number of nitrogens with zero attached hydrogens (tertiary/aromatic N) is 2. The average Bonchev–Trinajstić information content (AvgIpc) is 2.58. The molecule has 1 heterocycles. The second-order valence-electron chi connectivity index (χ2n) is 4.37. The number of nitrogens with one attached hydrogen (secondary N) is 1. The molecule has 0 saturated heterocycles. The molecule has 0 spiro atoms. The fourth-order valence-corrected chi connectivity index (χ4v) is 1.71. The normalized spacial score (nSPS) is 9.65. The summed E-state index contributed by atoms with van der Waals surface area (Å²) in [5.41, 5.74) is 1.66. The zero-order valence-electron chi connectivity index (χ0n) is 11.4. The Kier molecular flexibility index (Phi) is 4.89. The van der Waals surface area contributed by atoms with Gasteiger partial charge in [0.15, 0.2) is 0 Å². The maximum Gasteiger partial charge on any atom is 0.253 e. The Bertz CT molecular complexity index is 619. The predicted molar refractivity (Wildman–Crippen MR) is 78.4 cm³/mol. The Morgan fingerprint density at radius 3 is 2.75 bits per heavy atom. The summed E-state index contributed by atoms with van der Waals surface area (Å²) in [4.78, 5) is 16.2. The smallest absolute Gasteiger partial charge is 0.253 e. The maximum atomic E-state index is 12.2. The number of carbonyl (C=O) groups excluding carboxylic acids is 1. The highest BCUT2D eigenvalue weighted by atomic mass is 16.1. The van der Waals surface area contributed by atoms with E-state index in [1.54, 1.807) is 41.5 Å². The monoisotopic (exact) mass is 267 g/mol. The van der Waals surface area contributed by atoms with E-state index in [0.29, 0.717) is 12.1 Å². The van der Waals surface area contributed by atoms with Gasteiger partial charge in [-0.3, -0.25) is 9.78 Å². The first kappa shape index (κ1) is 13.8. The standard InChI is InChI=1S/C16H17N3O/c1-19-11-10-17-9-5-8-15(13-19)16(20)18-12-14-6-3-2-4-7-14/h2-11,13H,12H2,1H3,(H,18,20). The Balaban J connectivity index is 2.13. The lowest BCUT2D eigenvalue weighted by molar-refractivity contribution is 0.0950. The summed E-state index contributed by atoms with van der Waals surface area (Å²) in [6, 6.07) is 13.3. The first-order chi connectivity index (χ1) is 9.75. The molecule has 1 amide bonds. The minimum absolute atomic E-state index is 0.111. The fraction of sp³-hybridized carbons (Fsp3) is 0.125. The minimum atomic E-state index is -0.111. The van der Waals surface area contributed by atoms with E-state index in [0.717, 1.165) is 5.56 Å². The summed E-state index contributed by atoms with van der Waals surface area (Å²) >= 11 is 0. The second kappa shape index (κ2) is 7.09. The van der Waals surface area contributed by atoms with E-state index in [4.69, 9.17) is 0 Å². The van der Waals surface area contributed by atoms with Crippen LogP contribution in [0.4, 0.5) is 0 Å². The van der Waals surface area contributed by atoms with E-state index >= 15 is 0 Å². The third-order valence-electron chi connectivity index (χ3n) is 2.74. The van der Waals surface area contributed by atoms with Crippen LogP contribution in [0, 0.1) is 0 Å². The van der Waals surface area contributed by atoms with Gasteiger partial charge in [0.25, 0.3) is 5.91 Å². The number of aromatic nitrogens is 2. The quantitative estimate of drug-likeness (QED) is 0.928. The third kappa shape index (κ3) is 4.24. The average molecular weight is 267 g/mol. The molecular weight excluding hydrogens is 250 g/mol. The largest absolute Gasteiger partial charge is 0.355 e. The van der Waals surface area contributed by atoms with Gasteiger partial charge in [-0.25, -0.2) is 0 Å². The van der Waals surface area contributed by atoms with Gasteiger partial charge in [0.05, 0.1) is 5.56 Å². The number of aryl methyl sites for hydroxylation is 1. The van der Waals surface area contributed by atoms with Crippen LogP contribution in [-0.2, 0) is 13.6 Å². The first-order valence-corrected chi connectivity index (χ1v) is 6.38. The zero-order valence-corrected chi connectivity index (χ0v) is 11.4. The molecule has 0 unspecified atom stereocenters. The summed E-state index contributed by atoms with van der Waals surface area (Å²) in [6.45, 7) is 0.512. The number of amides is 1. The van der Waals surface area contributed by atoms with Crippen molar-refractivity contribution < 1.29 is 4.79 Å². The van der Waals surface area contributed by atoms with Crippen molar-refractivity contribution in [2.75, 3.05) is 0 Å². The molecule has 0 radical (unpaired) electrons. The van der Waals surface area contributed by atoms with E-state index in [9.17, 15) is 4.79 Å². The molecule has 0 bridgehead atoms. The Morgan fingerprint density at radius 2 is 1.95 bits per heavy atom. The summed E-state index contributed by atoms with van der Waals surface area (Å²) in [6.07, 6.45) is 6.87. The predicted octanol–water partition coefficient (Wildman–Crippen LogP) is 2.47. The van der Waals surface area contributed by atoms with Crippen molar-refractivity contribution in [3.8, 4) is 0 Å². The van der Waals surface area contributed by atoms with Gasteiger partial charge >= 0.3 is 0 Å². The van der Waals surface area contributed by atoms with E-state index in [-0.39, 0.29) is 5.91 Å². The van der Waals surface area contributed by atoms with Gasteiger partial charge in [0.2, 0.25) is 0 Å². The van der Waals surface area contributed by atoms with Crippen LogP contribution in [0.2, 0.25) is 0 Å². The van der Waals surface area contributed by atoms with Crippen molar-refractivity contribution in [3.05, 3.63) is 78.4 Å². The number of hydrogen-bond donors (Lipinski definition) is 1. The number of rotatable bonds is 3. The Hall–Kier alpha value is -2.62. The van der Waals surface area contributed by atoms with Crippen molar-refractivity contribution in [3.63, 3.8) is 0 Å². The van der Waals surface area contributed by atoms with E-state index in [2.05, 4.69) is 10.3 Å². The van der Waals surface area contributed by atoms with Gasteiger partial charge in [-0.2, -0.15) is 0 Å². The molecule has 2 aromatic rings. The third-order valence-corrected chi connectivity index (χ3v) is 2.74. The summed E-state index contributed by atoms with van der Waals surface area (Å²) < 4.78 is 1.80. The molecule has 0 aliphatic carbocycles. The van der Waals surface area contributed by atoms with Crippen LogP contribution in [0.5, 0.6) is 0 Å². The summed E-state index contributed by atoms with van der Waals surface area (Å²) in [5.74, 6) is -0.111. The molecule has 4 heteroatoms. The van der Waals surface area contributed by atoms with Crippen LogP contribution in [0.3, 0.4) is 0 Å². The van der Waals surface area contributed by atoms with E-state index in [1.165, 1.54) is 0 Å². The highest BCUT2D eigenvalue weighted by molar-refractivity contribution is 5.93. The molecule has 20 heavy (non-hydrogen) atoms. The van der Waals surface area contributed by atoms with Crippen molar-refractivity contribution in [1.82, 2.24) is 14.9 Å². The Morgan fingerprint density at radius 1 is 1.15 bits per heavy atom. The van der Waals surface area contributed by atoms with Gasteiger partial charge in [0.1, 0.15) is 0 Å². The lowest BCUT2D eigenvalue weighted by atomic mass is 10.2. The topological polar surface area (TPSA) is 46.9 Å². The van der Waals surface area contributed by atoms with E-state index < -0.39 is 0 Å². The molecule has 2 rings (SSSR count). The molecule has 1 aromatic heterocycles. The highest BCUT2D eigenvalue weighted by Crippen LogP contribution is 2.00. The van der Waals surface area contributed by atoms with Crippen LogP contribution in [0.15, 0.2) is 67.3 Å². The molecule has 4 nitrogen and oxygen atoms in total. The SMILES string of the molecule is Cn1ccncccc(C(=O)NCc2ccccc2)c1. The highest BCUT2D eigenvalue weighted by Gasteiger charge is 2.03. The summed E-state index contributed by atoms with van der Waals surface area (Å²) in [7, 11) is 1.86. The van der Waals surface area contributed by atoms with Crippen LogP contribution in [0.25, 0.3) is 0 Å². The lowest BCUT2D eigenvalue weighted by Gasteiger charge is -2.05. The van der Waals surface area contributed by atoms with Gasteiger partial charge in [-0.1, -0.05) is 30.3 Å². The number of carbonyl (C=O) groups is 1. The van der Waals surface area contributed by atoms with Gasteiger partial charge in [-0.05, 0) is 17.7 Å². The number of benzene rings is 1. The molecule has 0 saturated carbocycles. The van der Waals surface area contributed by atoms with Gasteiger partial charge < -0.3 is 9.88 Å². The molecule has 0 atom stereocenters. The van der Waals surface area contributed by atoms with Crippen LogP contribution in [-0.4, -0.2) is 15.5 Å². The molecule has 1 N–H and O–H groups in total. The molecule has 102 valence electrons. The van der Waals surface area contributed by atoms with Gasteiger partial charge in [-0.15, -0.1) is 0 Å². The van der Waals surface area contributed by atoms with E-state index in [1.807, 2.05) is 37.4 Å². The molecule has 0 aliphatic heterocycles. The second-order valence-corrected chi connectivity index (χ2v) is 4.37. The Labute approximate surface area is 118 Å². The summed E-state index contributed by atoms with van der Waals surface area (Å²) in [5, 5.41) is 2.90. The van der Waals surface area contributed by atoms with Crippen LogP contribution in [0.1, 0.15) is 15.9 Å². The minimum Gasteiger partial charge on any atom is -0.355 e. The van der Waals surface area contributed by atoms with Crippen LogP contribution >= 0.6 is 0 Å². The molecule has 0 aliphatic rings. The van der Waals surface area contributed by atoms with Crippen molar-refractivity contribution >= 4 is 5.91 Å². The molecule has 0 fully saturated rings. The van der Waals surface area contributed by atoms with Crippen molar-refractivity contribution in [1.29, 1.82) is 0 Å². The van der Waals surface area contributed by atoms with Crippen molar-refractivity contribution in [2.24, 2.45) is 7.05 Å². The lowest BCUT2D eigenvalue weighted by Crippen LogP contribution is -2.22. The van der Waals surface area contributed by atoms with Crippen LogP contribution < -0.4 is 5.32 Å². The fourth-order valence-electron chi connectivity index (χ4n) is 1.71. The van der Waals surface area contributed by atoms with Gasteiger partial charge in [0, 0.05) is 38.4 Å².